The second-order valence-corrected chi connectivity index (χ2v) is 3.89. The fraction of sp³-hybridized carbons (Fsp3) is 0.455. The van der Waals surface area contributed by atoms with Crippen LogP contribution in [0.15, 0.2) is 18.2 Å². The smallest absolute Gasteiger partial charge is 0.124 e. The Morgan fingerprint density at radius 1 is 1.53 bits per heavy atom. The first-order valence-electron chi connectivity index (χ1n) is 4.93. The Hall–Kier alpha value is -0.640. The standard InChI is InChI=1S/C11H15ClFNO/c1-2-11(15)9(6-14)8-4-3-7(13)5-10(8)12/h3-5,9,11,15H,2,6,14H2,1H3. The topological polar surface area (TPSA) is 46.2 Å². The van der Waals surface area contributed by atoms with Crippen LogP contribution >= 0.6 is 11.6 Å². The van der Waals surface area contributed by atoms with Crippen molar-refractivity contribution in [3.63, 3.8) is 0 Å². The Balaban J connectivity index is 3.01. The van der Waals surface area contributed by atoms with Crippen molar-refractivity contribution in [3.05, 3.63) is 34.6 Å². The van der Waals surface area contributed by atoms with Gasteiger partial charge in [0.1, 0.15) is 5.82 Å². The van der Waals surface area contributed by atoms with Gasteiger partial charge in [0.15, 0.2) is 0 Å². The molecule has 0 amide bonds. The van der Waals surface area contributed by atoms with Crippen molar-refractivity contribution in [1.29, 1.82) is 0 Å². The summed E-state index contributed by atoms with van der Waals surface area (Å²) in [6.07, 6.45) is 0.0493. The van der Waals surface area contributed by atoms with E-state index in [0.29, 0.717) is 23.6 Å². The van der Waals surface area contributed by atoms with Gasteiger partial charge in [-0.3, -0.25) is 0 Å². The summed E-state index contributed by atoms with van der Waals surface area (Å²) in [5.41, 5.74) is 6.28. The van der Waals surface area contributed by atoms with Crippen LogP contribution in [0.3, 0.4) is 0 Å². The molecule has 2 unspecified atom stereocenters. The fourth-order valence-electron chi connectivity index (χ4n) is 1.58. The minimum atomic E-state index is -0.544. The monoisotopic (exact) mass is 231 g/mol. The molecule has 4 heteroatoms. The number of benzene rings is 1. The number of hydrogen-bond acceptors (Lipinski definition) is 2. The lowest BCUT2D eigenvalue weighted by Crippen LogP contribution is -2.25. The maximum absolute atomic E-state index is 12.8. The maximum atomic E-state index is 12.8. The van der Waals surface area contributed by atoms with Crippen LogP contribution in [0.4, 0.5) is 4.39 Å². The third-order valence-electron chi connectivity index (χ3n) is 2.50. The van der Waals surface area contributed by atoms with Crippen LogP contribution in [0.5, 0.6) is 0 Å². The molecule has 3 N–H and O–H groups in total. The highest BCUT2D eigenvalue weighted by molar-refractivity contribution is 6.31. The summed E-state index contributed by atoms with van der Waals surface area (Å²) in [4.78, 5) is 0. The SMILES string of the molecule is CCC(O)C(CN)c1ccc(F)cc1Cl. The van der Waals surface area contributed by atoms with E-state index in [2.05, 4.69) is 0 Å². The minimum Gasteiger partial charge on any atom is -0.392 e. The van der Waals surface area contributed by atoms with E-state index in [9.17, 15) is 9.50 Å². The predicted octanol–water partition coefficient (Wildman–Crippen LogP) is 2.29. The van der Waals surface area contributed by atoms with Gasteiger partial charge in [0.2, 0.25) is 0 Å². The zero-order chi connectivity index (χ0) is 11.4. The average Bonchev–Trinajstić information content (AvgIpc) is 2.21. The first-order valence-corrected chi connectivity index (χ1v) is 5.31. The van der Waals surface area contributed by atoms with Crippen molar-refractivity contribution in [2.75, 3.05) is 6.54 Å². The van der Waals surface area contributed by atoms with Gasteiger partial charge >= 0.3 is 0 Å². The number of aliphatic hydroxyl groups excluding tert-OH is 1. The Morgan fingerprint density at radius 2 is 2.20 bits per heavy atom. The lowest BCUT2D eigenvalue weighted by atomic mass is 9.92. The van der Waals surface area contributed by atoms with Crippen LogP contribution in [0.1, 0.15) is 24.8 Å². The van der Waals surface area contributed by atoms with Gasteiger partial charge in [0.05, 0.1) is 6.10 Å². The molecule has 0 bridgehead atoms. The molecule has 0 radical (unpaired) electrons. The lowest BCUT2D eigenvalue weighted by molar-refractivity contribution is 0.141. The highest BCUT2D eigenvalue weighted by Gasteiger charge is 2.20. The third kappa shape index (κ3) is 2.91. The number of nitrogens with two attached hydrogens (primary N) is 1. The number of hydrogen-bond donors (Lipinski definition) is 2. The van der Waals surface area contributed by atoms with Gasteiger partial charge in [0.25, 0.3) is 0 Å². The molecule has 0 saturated heterocycles. The molecule has 0 saturated carbocycles. The second-order valence-electron chi connectivity index (χ2n) is 3.48. The summed E-state index contributed by atoms with van der Waals surface area (Å²) in [7, 11) is 0. The van der Waals surface area contributed by atoms with Crippen molar-refractivity contribution < 1.29 is 9.50 Å². The van der Waals surface area contributed by atoms with Crippen molar-refractivity contribution in [2.24, 2.45) is 5.73 Å². The summed E-state index contributed by atoms with van der Waals surface area (Å²) >= 11 is 5.90. The van der Waals surface area contributed by atoms with Crippen LogP contribution < -0.4 is 5.73 Å². The van der Waals surface area contributed by atoms with Crippen molar-refractivity contribution >= 4 is 11.6 Å². The zero-order valence-corrected chi connectivity index (χ0v) is 9.34. The van der Waals surface area contributed by atoms with Crippen molar-refractivity contribution in [2.45, 2.75) is 25.4 Å². The zero-order valence-electron chi connectivity index (χ0n) is 8.58. The van der Waals surface area contributed by atoms with E-state index in [1.807, 2.05) is 6.92 Å². The van der Waals surface area contributed by atoms with Crippen LogP contribution in [-0.2, 0) is 0 Å². The second kappa shape index (κ2) is 5.45. The molecule has 84 valence electrons. The van der Waals surface area contributed by atoms with Gasteiger partial charge in [-0.25, -0.2) is 4.39 Å². The van der Waals surface area contributed by atoms with Crippen LogP contribution in [-0.4, -0.2) is 17.8 Å². The minimum absolute atomic E-state index is 0.233. The van der Waals surface area contributed by atoms with E-state index in [1.165, 1.54) is 12.1 Å². The Kier molecular flexibility index (Phi) is 4.51. The normalized spacial score (nSPS) is 15.0. The molecular formula is C11H15ClFNO. The quantitative estimate of drug-likeness (QED) is 0.835. The first-order chi connectivity index (χ1) is 7.10. The Morgan fingerprint density at radius 3 is 2.67 bits per heavy atom. The van der Waals surface area contributed by atoms with Gasteiger partial charge in [0, 0.05) is 17.5 Å². The van der Waals surface area contributed by atoms with E-state index in [1.54, 1.807) is 6.07 Å². The summed E-state index contributed by atoms with van der Waals surface area (Å²) in [5, 5.41) is 10.1. The third-order valence-corrected chi connectivity index (χ3v) is 2.83. The lowest BCUT2D eigenvalue weighted by Gasteiger charge is -2.21. The van der Waals surface area contributed by atoms with Gasteiger partial charge in [-0.05, 0) is 24.1 Å². The van der Waals surface area contributed by atoms with Gasteiger partial charge in [-0.15, -0.1) is 0 Å². The number of halogens is 2. The molecular weight excluding hydrogens is 217 g/mol. The summed E-state index contributed by atoms with van der Waals surface area (Å²) < 4.78 is 12.8. The molecule has 1 rings (SSSR count). The van der Waals surface area contributed by atoms with E-state index in [0.717, 1.165) is 0 Å². The first kappa shape index (κ1) is 12.4. The molecule has 2 atom stereocenters. The molecule has 0 aliphatic carbocycles. The van der Waals surface area contributed by atoms with Crippen LogP contribution in [0.2, 0.25) is 5.02 Å². The van der Waals surface area contributed by atoms with Gasteiger partial charge in [-0.1, -0.05) is 24.6 Å². The molecule has 0 heterocycles. The molecule has 0 aromatic heterocycles. The molecule has 0 aliphatic rings. The highest BCUT2D eigenvalue weighted by atomic mass is 35.5. The summed E-state index contributed by atoms with van der Waals surface area (Å²) in [6, 6.07) is 4.14. The number of rotatable bonds is 4. The summed E-state index contributed by atoms with van der Waals surface area (Å²) in [6.45, 7) is 2.16. The maximum Gasteiger partial charge on any atom is 0.124 e. The molecule has 0 fully saturated rings. The molecule has 2 nitrogen and oxygen atoms in total. The Labute approximate surface area is 93.9 Å². The number of aliphatic hydroxyl groups is 1. The molecule has 1 aromatic carbocycles. The average molecular weight is 232 g/mol. The van der Waals surface area contributed by atoms with Gasteiger partial charge in [-0.2, -0.15) is 0 Å². The van der Waals surface area contributed by atoms with Gasteiger partial charge < -0.3 is 10.8 Å². The highest BCUT2D eigenvalue weighted by Crippen LogP contribution is 2.28. The van der Waals surface area contributed by atoms with E-state index in [-0.39, 0.29) is 11.7 Å². The van der Waals surface area contributed by atoms with Crippen molar-refractivity contribution in [1.82, 2.24) is 0 Å². The fourth-order valence-corrected chi connectivity index (χ4v) is 1.89. The molecule has 15 heavy (non-hydrogen) atoms. The largest absolute Gasteiger partial charge is 0.392 e. The molecule has 0 aliphatic heterocycles. The van der Waals surface area contributed by atoms with Crippen LogP contribution in [0, 0.1) is 5.82 Å². The Bertz CT molecular complexity index is 332. The van der Waals surface area contributed by atoms with E-state index >= 15 is 0 Å². The van der Waals surface area contributed by atoms with Crippen LogP contribution in [0.25, 0.3) is 0 Å². The molecule has 0 spiro atoms. The van der Waals surface area contributed by atoms with E-state index in [4.69, 9.17) is 17.3 Å². The molecule has 1 aromatic rings. The van der Waals surface area contributed by atoms with Crippen molar-refractivity contribution in [3.8, 4) is 0 Å². The summed E-state index contributed by atoms with van der Waals surface area (Å²) in [5.74, 6) is -0.617. The van der Waals surface area contributed by atoms with E-state index < -0.39 is 6.10 Å². The predicted molar refractivity (Wildman–Crippen MR) is 59.5 cm³/mol.